The molecule has 1 atom stereocenters. The standard InChI is InChI=1S/C12H16FN3O2S/c13-11-4-1-5-14-12(11)19(17,18)16-8-7-15-6-2-3-10(15)9-16/h1,4-5,10H,2-3,6-9H2. The zero-order valence-electron chi connectivity index (χ0n) is 10.5. The molecule has 3 heterocycles. The first-order valence-electron chi connectivity index (χ1n) is 6.44. The number of piperazine rings is 1. The highest BCUT2D eigenvalue weighted by Gasteiger charge is 2.37. The number of fused-ring (bicyclic) bond motifs is 1. The number of nitrogens with zero attached hydrogens (tertiary/aromatic N) is 3. The van der Waals surface area contributed by atoms with Gasteiger partial charge >= 0.3 is 0 Å². The molecule has 3 rings (SSSR count). The summed E-state index contributed by atoms with van der Waals surface area (Å²) in [5, 5.41) is -0.457. The molecule has 2 saturated heterocycles. The fourth-order valence-corrected chi connectivity index (χ4v) is 4.31. The Kier molecular flexibility index (Phi) is 3.28. The summed E-state index contributed by atoms with van der Waals surface area (Å²) in [6.07, 6.45) is 3.43. The van der Waals surface area contributed by atoms with Crippen molar-refractivity contribution in [2.24, 2.45) is 0 Å². The Morgan fingerprint density at radius 2 is 2.16 bits per heavy atom. The zero-order valence-corrected chi connectivity index (χ0v) is 11.3. The van der Waals surface area contributed by atoms with E-state index in [1.807, 2.05) is 0 Å². The van der Waals surface area contributed by atoms with Gasteiger partial charge in [-0.15, -0.1) is 0 Å². The average molecular weight is 285 g/mol. The van der Waals surface area contributed by atoms with Crippen molar-refractivity contribution in [3.8, 4) is 0 Å². The Labute approximate surface area is 112 Å². The van der Waals surface area contributed by atoms with Crippen molar-refractivity contribution >= 4 is 10.0 Å². The first-order valence-corrected chi connectivity index (χ1v) is 7.88. The topological polar surface area (TPSA) is 53.5 Å². The van der Waals surface area contributed by atoms with E-state index in [0.717, 1.165) is 32.0 Å². The maximum atomic E-state index is 13.6. The van der Waals surface area contributed by atoms with Crippen LogP contribution in [0.1, 0.15) is 12.8 Å². The summed E-state index contributed by atoms with van der Waals surface area (Å²) in [4.78, 5) is 6.00. The van der Waals surface area contributed by atoms with Crippen LogP contribution in [0.4, 0.5) is 4.39 Å². The molecule has 0 amide bonds. The van der Waals surface area contributed by atoms with Crippen LogP contribution in [0.3, 0.4) is 0 Å². The van der Waals surface area contributed by atoms with Crippen molar-refractivity contribution in [1.82, 2.24) is 14.2 Å². The van der Waals surface area contributed by atoms with Crippen molar-refractivity contribution in [3.63, 3.8) is 0 Å². The van der Waals surface area contributed by atoms with Gasteiger partial charge in [0.2, 0.25) is 5.03 Å². The van der Waals surface area contributed by atoms with E-state index in [1.165, 1.54) is 16.6 Å². The Hall–Kier alpha value is -1.05. The summed E-state index contributed by atoms with van der Waals surface area (Å²) in [6.45, 7) is 2.61. The van der Waals surface area contributed by atoms with Gasteiger partial charge in [0.15, 0.2) is 5.82 Å². The summed E-state index contributed by atoms with van der Waals surface area (Å²) >= 11 is 0. The third kappa shape index (κ3) is 2.26. The summed E-state index contributed by atoms with van der Waals surface area (Å²) < 4.78 is 39.8. The first-order chi connectivity index (χ1) is 9.09. The maximum absolute atomic E-state index is 13.6. The predicted octanol–water partition coefficient (Wildman–Crippen LogP) is 0.689. The Bertz CT molecular complexity index is 578. The summed E-state index contributed by atoms with van der Waals surface area (Å²) in [5.41, 5.74) is 0. The third-order valence-corrected chi connectivity index (χ3v) is 5.66. The van der Waals surface area contributed by atoms with E-state index in [0.29, 0.717) is 13.1 Å². The second-order valence-corrected chi connectivity index (χ2v) is 6.84. The molecule has 1 unspecified atom stereocenters. The van der Waals surface area contributed by atoms with E-state index in [9.17, 15) is 12.8 Å². The highest BCUT2D eigenvalue weighted by atomic mass is 32.2. The van der Waals surface area contributed by atoms with Gasteiger partial charge in [0.25, 0.3) is 10.0 Å². The van der Waals surface area contributed by atoms with Gasteiger partial charge in [-0.25, -0.2) is 17.8 Å². The average Bonchev–Trinajstić information content (AvgIpc) is 2.86. The molecule has 0 aliphatic carbocycles. The molecule has 5 nitrogen and oxygen atoms in total. The minimum Gasteiger partial charge on any atom is -0.298 e. The van der Waals surface area contributed by atoms with Crippen LogP contribution in [0.5, 0.6) is 0 Å². The molecule has 2 fully saturated rings. The number of hydrogen-bond acceptors (Lipinski definition) is 4. The molecule has 0 N–H and O–H groups in total. The summed E-state index contributed by atoms with van der Waals surface area (Å²) in [7, 11) is -3.81. The molecule has 0 spiro atoms. The Morgan fingerprint density at radius 3 is 2.95 bits per heavy atom. The van der Waals surface area contributed by atoms with Crippen molar-refractivity contribution in [3.05, 3.63) is 24.1 Å². The van der Waals surface area contributed by atoms with Crippen LogP contribution in [0, 0.1) is 5.82 Å². The van der Waals surface area contributed by atoms with E-state index < -0.39 is 20.9 Å². The molecule has 0 radical (unpaired) electrons. The number of rotatable bonds is 2. The van der Waals surface area contributed by atoms with Crippen LogP contribution in [-0.2, 0) is 10.0 Å². The van der Waals surface area contributed by atoms with Gasteiger partial charge in [-0.1, -0.05) is 0 Å². The molecular formula is C12H16FN3O2S. The second kappa shape index (κ2) is 4.81. The van der Waals surface area contributed by atoms with Crippen LogP contribution in [0.15, 0.2) is 23.4 Å². The van der Waals surface area contributed by atoms with Crippen LogP contribution in [0.2, 0.25) is 0 Å². The highest BCUT2D eigenvalue weighted by molar-refractivity contribution is 7.89. The van der Waals surface area contributed by atoms with Gasteiger partial charge in [-0.05, 0) is 31.5 Å². The first kappa shape index (κ1) is 13.0. The smallest absolute Gasteiger partial charge is 0.263 e. The van der Waals surface area contributed by atoms with Gasteiger partial charge in [0.1, 0.15) is 0 Å². The third-order valence-electron chi connectivity index (χ3n) is 3.86. The minimum absolute atomic E-state index is 0.273. The normalized spacial score (nSPS) is 25.4. The van der Waals surface area contributed by atoms with Crippen molar-refractivity contribution in [2.45, 2.75) is 23.9 Å². The van der Waals surface area contributed by atoms with Gasteiger partial charge in [0, 0.05) is 31.9 Å². The lowest BCUT2D eigenvalue weighted by Crippen LogP contribution is -2.52. The van der Waals surface area contributed by atoms with Crippen molar-refractivity contribution in [2.75, 3.05) is 26.2 Å². The SMILES string of the molecule is O=S(=O)(c1ncccc1F)N1CCN2CCCC2C1. The maximum Gasteiger partial charge on any atom is 0.263 e. The lowest BCUT2D eigenvalue weighted by Gasteiger charge is -2.36. The lowest BCUT2D eigenvalue weighted by atomic mass is 10.2. The molecule has 2 aliphatic rings. The molecule has 0 bridgehead atoms. The summed E-state index contributed by atoms with van der Waals surface area (Å²) in [6, 6.07) is 2.80. The quantitative estimate of drug-likeness (QED) is 0.802. The van der Waals surface area contributed by atoms with E-state index in [4.69, 9.17) is 0 Å². The zero-order chi connectivity index (χ0) is 13.5. The highest BCUT2D eigenvalue weighted by Crippen LogP contribution is 2.25. The van der Waals surface area contributed by atoms with Gasteiger partial charge in [-0.2, -0.15) is 4.31 Å². The van der Waals surface area contributed by atoms with Crippen LogP contribution in [0.25, 0.3) is 0 Å². The Balaban J connectivity index is 1.87. The van der Waals surface area contributed by atoms with Crippen molar-refractivity contribution < 1.29 is 12.8 Å². The molecule has 19 heavy (non-hydrogen) atoms. The monoisotopic (exact) mass is 285 g/mol. The lowest BCUT2D eigenvalue weighted by molar-refractivity contribution is 0.158. The minimum atomic E-state index is -3.81. The molecule has 0 saturated carbocycles. The van der Waals surface area contributed by atoms with Crippen LogP contribution >= 0.6 is 0 Å². The van der Waals surface area contributed by atoms with E-state index in [-0.39, 0.29) is 6.04 Å². The van der Waals surface area contributed by atoms with E-state index in [2.05, 4.69) is 9.88 Å². The van der Waals surface area contributed by atoms with Gasteiger partial charge < -0.3 is 0 Å². The van der Waals surface area contributed by atoms with Gasteiger partial charge in [-0.3, -0.25) is 4.90 Å². The van der Waals surface area contributed by atoms with E-state index >= 15 is 0 Å². The molecule has 104 valence electrons. The molecule has 0 aromatic carbocycles. The number of hydrogen-bond donors (Lipinski definition) is 0. The molecule has 1 aromatic heterocycles. The number of pyridine rings is 1. The predicted molar refractivity (Wildman–Crippen MR) is 67.5 cm³/mol. The van der Waals surface area contributed by atoms with Gasteiger partial charge in [0.05, 0.1) is 0 Å². The second-order valence-electron chi connectivity index (χ2n) is 4.99. The largest absolute Gasteiger partial charge is 0.298 e. The van der Waals surface area contributed by atoms with Crippen LogP contribution in [-0.4, -0.2) is 54.8 Å². The summed E-state index contributed by atoms with van der Waals surface area (Å²) in [5.74, 6) is -0.781. The van der Waals surface area contributed by atoms with Crippen LogP contribution < -0.4 is 0 Å². The molecule has 2 aliphatic heterocycles. The Morgan fingerprint density at radius 1 is 1.32 bits per heavy atom. The number of sulfonamides is 1. The molecule has 1 aromatic rings. The van der Waals surface area contributed by atoms with E-state index in [1.54, 1.807) is 0 Å². The fraction of sp³-hybridized carbons (Fsp3) is 0.583. The number of aromatic nitrogens is 1. The fourth-order valence-electron chi connectivity index (χ4n) is 2.86. The molecule has 7 heteroatoms. The number of halogens is 1. The molecular weight excluding hydrogens is 269 g/mol. The van der Waals surface area contributed by atoms with Crippen molar-refractivity contribution in [1.29, 1.82) is 0 Å².